The first-order chi connectivity index (χ1) is 31.9. The largest absolute Gasteiger partial charge is 0.319 e. The lowest BCUT2D eigenvalue weighted by molar-refractivity contribution is 0.219. The second-order valence-electron chi connectivity index (χ2n) is 15.9. The van der Waals surface area contributed by atoms with Crippen molar-refractivity contribution in [1.82, 2.24) is 29.5 Å². The van der Waals surface area contributed by atoms with Gasteiger partial charge in [-0.3, -0.25) is 4.57 Å². The average Bonchev–Trinajstić information content (AvgIpc) is 4.03. The van der Waals surface area contributed by atoms with Crippen LogP contribution in [0.4, 0.5) is 0 Å². The quantitative estimate of drug-likeness (QED) is 0.0531. The summed E-state index contributed by atoms with van der Waals surface area (Å²) in [5, 5.41) is 7.31. The summed E-state index contributed by atoms with van der Waals surface area (Å²) >= 11 is 0. The molecule has 338 valence electrons. The minimum atomic E-state index is -3.81. The van der Waals surface area contributed by atoms with Gasteiger partial charge >= 0.3 is 8.25 Å². The van der Waals surface area contributed by atoms with E-state index in [1.54, 1.807) is 9.36 Å². The molecule has 0 saturated heterocycles. The first-order valence-electron chi connectivity index (χ1n) is 21.3. The van der Waals surface area contributed by atoms with E-state index < -0.39 is 49.5 Å². The Balaban J connectivity index is 0.991. The van der Waals surface area contributed by atoms with Gasteiger partial charge < -0.3 is 9.05 Å². The molecule has 16 heteroatoms. The maximum absolute atomic E-state index is 13.3. The summed E-state index contributed by atoms with van der Waals surface area (Å²) < 4.78 is 81.0. The van der Waals surface area contributed by atoms with E-state index >= 15 is 0 Å². The average molecular weight is 941 g/mol. The monoisotopic (exact) mass is 940 g/mol. The smallest absolute Gasteiger partial charge is 0.311 e. The van der Waals surface area contributed by atoms with Crippen LogP contribution in [0.3, 0.4) is 0 Å². The van der Waals surface area contributed by atoms with Crippen LogP contribution in [0.25, 0.3) is 0 Å². The topological polar surface area (TPSA) is 165 Å². The van der Waals surface area contributed by atoms with Gasteiger partial charge in [-0.1, -0.05) is 182 Å². The molecule has 2 heterocycles. The van der Waals surface area contributed by atoms with Gasteiger partial charge in [-0.2, -0.15) is 10.2 Å². The summed E-state index contributed by atoms with van der Waals surface area (Å²) in [6.45, 7) is -0.541. The molecule has 0 amide bonds. The number of sulfone groups is 2. The highest BCUT2D eigenvalue weighted by Crippen LogP contribution is 2.42. The Labute approximate surface area is 385 Å². The standard InChI is InChI=1S/C50H49N6O7PS2/c1-65(58,59)45(47-51-37-55(53-47)49(39-21-9-3-10-22-39,40-23-11-4-12-24-40)41-25-13-5-14-26-41)33-35-62-64(57)63-36-34-46(66(2,60)61)48-52-38-56(54-48)50(42-27-15-6-16-28-42,43-29-17-7-18-30-43)44-31-19-8-20-32-44/h3-32,37-38,45-46,64H,33-36H2,1-2H3. The van der Waals surface area contributed by atoms with E-state index in [1.807, 2.05) is 182 Å². The molecule has 0 N–H and O–H groups in total. The Kier molecular flexibility index (Phi) is 14.0. The molecular weight excluding hydrogens is 892 g/mol. The number of benzene rings is 6. The van der Waals surface area contributed by atoms with Crippen LogP contribution in [-0.2, 0) is 44.4 Å². The Hall–Kier alpha value is -6.35. The predicted molar refractivity (Wildman–Crippen MR) is 255 cm³/mol. The third-order valence-electron chi connectivity index (χ3n) is 11.7. The van der Waals surface area contributed by atoms with Crippen molar-refractivity contribution in [2.75, 3.05) is 25.7 Å². The first kappa shape index (κ1) is 46.2. The van der Waals surface area contributed by atoms with Crippen LogP contribution in [0.15, 0.2) is 195 Å². The van der Waals surface area contributed by atoms with Crippen LogP contribution in [0, 0.1) is 0 Å². The molecule has 0 radical (unpaired) electrons. The highest BCUT2D eigenvalue weighted by Gasteiger charge is 2.42. The molecule has 2 atom stereocenters. The minimum absolute atomic E-state index is 0.0487. The molecule has 0 bridgehead atoms. The molecule has 2 unspecified atom stereocenters. The van der Waals surface area contributed by atoms with Crippen molar-refractivity contribution in [1.29, 1.82) is 0 Å². The number of hydrogen-bond donors (Lipinski definition) is 0. The summed E-state index contributed by atoms with van der Waals surface area (Å²) in [6, 6.07) is 58.8. The third-order valence-corrected chi connectivity index (χ3v) is 15.5. The van der Waals surface area contributed by atoms with E-state index in [2.05, 4.69) is 9.97 Å². The summed E-state index contributed by atoms with van der Waals surface area (Å²) in [6.07, 6.45) is 5.01. The summed E-state index contributed by atoms with van der Waals surface area (Å²) in [7, 11) is -10.8. The Bertz CT molecular complexity index is 2670. The molecule has 6 aromatic carbocycles. The van der Waals surface area contributed by atoms with Crippen molar-refractivity contribution in [2.24, 2.45) is 0 Å². The minimum Gasteiger partial charge on any atom is -0.311 e. The zero-order chi connectivity index (χ0) is 46.2. The lowest BCUT2D eigenvalue weighted by Crippen LogP contribution is -2.38. The zero-order valence-corrected chi connectivity index (χ0v) is 38.9. The fraction of sp³-hybridized carbons (Fsp3) is 0.200. The summed E-state index contributed by atoms with van der Waals surface area (Å²) in [4.78, 5) is 9.12. The molecule has 0 saturated carbocycles. The molecule has 0 spiro atoms. The van der Waals surface area contributed by atoms with E-state index in [0.717, 1.165) is 45.9 Å². The van der Waals surface area contributed by atoms with E-state index in [0.29, 0.717) is 0 Å². The van der Waals surface area contributed by atoms with Gasteiger partial charge in [0.2, 0.25) is 0 Å². The van der Waals surface area contributed by atoms with Gasteiger partial charge in [-0.15, -0.1) is 0 Å². The van der Waals surface area contributed by atoms with Gasteiger partial charge in [-0.05, 0) is 46.2 Å². The lowest BCUT2D eigenvalue weighted by Gasteiger charge is -2.36. The molecule has 2 aromatic heterocycles. The highest BCUT2D eigenvalue weighted by molar-refractivity contribution is 7.91. The van der Waals surface area contributed by atoms with Crippen molar-refractivity contribution in [3.8, 4) is 0 Å². The van der Waals surface area contributed by atoms with Crippen molar-refractivity contribution in [3.05, 3.63) is 240 Å². The molecule has 66 heavy (non-hydrogen) atoms. The number of hydrogen-bond acceptors (Lipinski definition) is 11. The SMILES string of the molecule is CS(=O)(=O)C(CCO[PH](=O)OCCC(c1ncn(C(c2ccccc2)(c2ccccc2)c2ccccc2)n1)S(C)(=O)=O)c1ncn(C(c2ccccc2)(c2ccccc2)c2ccccc2)n1. The number of rotatable bonds is 20. The summed E-state index contributed by atoms with van der Waals surface area (Å²) in [5.74, 6) is 0.0974. The molecule has 8 aromatic rings. The Morgan fingerprint density at radius 1 is 0.455 bits per heavy atom. The fourth-order valence-electron chi connectivity index (χ4n) is 8.65. The summed E-state index contributed by atoms with van der Waals surface area (Å²) in [5.41, 5.74) is 3.28. The maximum Gasteiger partial charge on any atom is 0.319 e. The van der Waals surface area contributed by atoms with E-state index in [9.17, 15) is 21.4 Å². The Morgan fingerprint density at radius 3 is 0.924 bits per heavy atom. The number of nitrogens with zero attached hydrogens (tertiary/aromatic N) is 6. The van der Waals surface area contributed by atoms with Crippen LogP contribution in [0.1, 0.15) is 68.4 Å². The van der Waals surface area contributed by atoms with Crippen LogP contribution in [0.2, 0.25) is 0 Å². The molecule has 0 aliphatic carbocycles. The van der Waals surface area contributed by atoms with Crippen LogP contribution >= 0.6 is 8.25 Å². The molecule has 8 rings (SSSR count). The molecular formula is C50H49N6O7PS2. The van der Waals surface area contributed by atoms with Crippen LogP contribution in [0.5, 0.6) is 0 Å². The van der Waals surface area contributed by atoms with Gasteiger partial charge in [0.15, 0.2) is 31.3 Å². The fourth-order valence-corrected chi connectivity index (χ4v) is 11.3. The van der Waals surface area contributed by atoms with E-state index in [1.165, 1.54) is 12.7 Å². The molecule has 0 fully saturated rings. The molecule has 13 nitrogen and oxygen atoms in total. The number of aromatic nitrogens is 6. The van der Waals surface area contributed by atoms with Gasteiger partial charge in [-0.25, -0.2) is 36.2 Å². The maximum atomic E-state index is 13.3. The Morgan fingerprint density at radius 2 is 0.697 bits per heavy atom. The first-order valence-corrected chi connectivity index (χ1v) is 26.4. The lowest BCUT2D eigenvalue weighted by atomic mass is 9.77. The second-order valence-corrected chi connectivity index (χ2v) is 21.4. The zero-order valence-electron chi connectivity index (χ0n) is 36.3. The van der Waals surface area contributed by atoms with E-state index in [4.69, 9.17) is 19.2 Å². The van der Waals surface area contributed by atoms with E-state index in [-0.39, 0.29) is 37.7 Å². The van der Waals surface area contributed by atoms with Crippen molar-refractivity contribution in [3.63, 3.8) is 0 Å². The normalized spacial score (nSPS) is 13.8. The highest BCUT2D eigenvalue weighted by atomic mass is 32.2. The van der Waals surface area contributed by atoms with Crippen molar-refractivity contribution in [2.45, 2.75) is 34.4 Å². The van der Waals surface area contributed by atoms with Gasteiger partial charge in [0.25, 0.3) is 0 Å². The molecule has 0 aliphatic heterocycles. The third kappa shape index (κ3) is 9.49. The van der Waals surface area contributed by atoms with Crippen LogP contribution < -0.4 is 0 Å². The van der Waals surface area contributed by atoms with Gasteiger partial charge in [0, 0.05) is 12.5 Å². The van der Waals surface area contributed by atoms with Gasteiger partial charge in [0.05, 0.1) is 13.2 Å². The van der Waals surface area contributed by atoms with Gasteiger partial charge in [0.1, 0.15) is 34.2 Å². The molecule has 0 aliphatic rings. The predicted octanol–water partition coefficient (Wildman–Crippen LogP) is 8.62. The van der Waals surface area contributed by atoms with Crippen molar-refractivity contribution < 1.29 is 30.4 Å². The second kappa shape index (κ2) is 20.0. The van der Waals surface area contributed by atoms with Crippen molar-refractivity contribution >= 4 is 27.9 Å². The van der Waals surface area contributed by atoms with Crippen LogP contribution in [-0.4, -0.2) is 72.1 Å².